The van der Waals surface area contributed by atoms with E-state index in [4.69, 9.17) is 37.9 Å². The minimum atomic E-state index is -0.144. The molecule has 0 aliphatic rings. The van der Waals surface area contributed by atoms with E-state index in [-0.39, 0.29) is 5.97 Å². The van der Waals surface area contributed by atoms with Crippen LogP contribution in [0.25, 0.3) is 0 Å². The van der Waals surface area contributed by atoms with Crippen molar-refractivity contribution in [3.8, 4) is 0 Å². The summed E-state index contributed by atoms with van der Waals surface area (Å²) < 4.78 is 43.4. The summed E-state index contributed by atoms with van der Waals surface area (Å²) in [5.41, 5.74) is 0. The van der Waals surface area contributed by atoms with Crippen LogP contribution in [0.3, 0.4) is 0 Å². The second-order valence-corrected chi connectivity index (χ2v) is 9.09. The highest BCUT2D eigenvalue weighted by Gasteiger charge is 2.02. The zero-order chi connectivity index (χ0) is 27.6. The Morgan fingerprint density at radius 3 is 1.11 bits per heavy atom. The maximum Gasteiger partial charge on any atom is 0.305 e. The summed E-state index contributed by atoms with van der Waals surface area (Å²) in [7, 11) is 0. The summed E-state index contributed by atoms with van der Waals surface area (Å²) in [5, 5.41) is 0. The maximum atomic E-state index is 11.5. The van der Waals surface area contributed by atoms with Crippen LogP contribution in [0.15, 0.2) is 0 Å². The summed E-state index contributed by atoms with van der Waals surface area (Å²) in [5.74, 6) is -0.144. The molecule has 0 N–H and O–H groups in total. The van der Waals surface area contributed by atoms with Crippen LogP contribution in [0.1, 0.15) is 84.5 Å². The van der Waals surface area contributed by atoms with Gasteiger partial charge in [-0.15, -0.1) is 0 Å². The van der Waals surface area contributed by atoms with Gasteiger partial charge < -0.3 is 37.9 Å². The largest absolute Gasteiger partial charge is 0.463 e. The van der Waals surface area contributed by atoms with Gasteiger partial charge in [-0.05, 0) is 12.8 Å². The van der Waals surface area contributed by atoms with Gasteiger partial charge in [0.25, 0.3) is 0 Å². The molecule has 0 amide bonds. The fraction of sp³-hybridized carbons (Fsp3) is 0.966. The van der Waals surface area contributed by atoms with Crippen molar-refractivity contribution in [1.29, 1.82) is 0 Å². The van der Waals surface area contributed by atoms with E-state index in [9.17, 15) is 4.79 Å². The SMILES string of the molecule is CCCCCCCCOCCOCCOCCOCCOCCOCCOCCOC(=O)CCCCCC. The van der Waals surface area contributed by atoms with Crippen LogP contribution in [0, 0.1) is 0 Å². The molecule has 0 aliphatic carbocycles. The van der Waals surface area contributed by atoms with E-state index < -0.39 is 0 Å². The van der Waals surface area contributed by atoms with E-state index in [1.54, 1.807) is 0 Å². The van der Waals surface area contributed by atoms with Gasteiger partial charge in [-0.25, -0.2) is 0 Å². The lowest BCUT2D eigenvalue weighted by atomic mass is 10.1. The van der Waals surface area contributed by atoms with Crippen molar-refractivity contribution >= 4 is 5.97 Å². The Kier molecular flexibility index (Phi) is 33.5. The first-order valence-corrected chi connectivity index (χ1v) is 15.0. The van der Waals surface area contributed by atoms with E-state index in [0.29, 0.717) is 98.9 Å². The Bertz CT molecular complexity index is 452. The number of ether oxygens (including phenoxy) is 8. The molecule has 228 valence electrons. The monoisotopic (exact) mass is 550 g/mol. The van der Waals surface area contributed by atoms with E-state index in [2.05, 4.69) is 13.8 Å². The predicted octanol–water partition coefficient (Wildman–Crippen LogP) is 4.98. The Morgan fingerprint density at radius 2 is 0.684 bits per heavy atom. The van der Waals surface area contributed by atoms with Gasteiger partial charge in [0, 0.05) is 13.0 Å². The Morgan fingerprint density at radius 1 is 0.368 bits per heavy atom. The van der Waals surface area contributed by atoms with Gasteiger partial charge in [0.05, 0.1) is 85.9 Å². The van der Waals surface area contributed by atoms with Crippen molar-refractivity contribution in [3.63, 3.8) is 0 Å². The van der Waals surface area contributed by atoms with E-state index in [0.717, 1.165) is 38.7 Å². The Labute approximate surface area is 232 Å². The molecule has 0 heterocycles. The van der Waals surface area contributed by atoms with E-state index >= 15 is 0 Å². The minimum Gasteiger partial charge on any atom is -0.463 e. The quantitative estimate of drug-likeness (QED) is 0.0829. The molecule has 0 fully saturated rings. The second kappa shape index (κ2) is 34.2. The normalized spacial score (nSPS) is 11.3. The van der Waals surface area contributed by atoms with Gasteiger partial charge in [-0.1, -0.05) is 65.2 Å². The minimum absolute atomic E-state index is 0.144. The van der Waals surface area contributed by atoms with Gasteiger partial charge in [-0.2, -0.15) is 0 Å². The fourth-order valence-electron chi connectivity index (χ4n) is 3.39. The predicted molar refractivity (Wildman–Crippen MR) is 149 cm³/mol. The van der Waals surface area contributed by atoms with Crippen LogP contribution in [0.4, 0.5) is 0 Å². The zero-order valence-corrected chi connectivity index (χ0v) is 24.6. The van der Waals surface area contributed by atoms with Gasteiger partial charge in [-0.3, -0.25) is 4.79 Å². The standard InChI is InChI=1S/C29H58O9/c1-3-5-7-9-10-12-14-31-15-16-32-17-18-33-19-20-34-21-22-35-23-24-36-25-26-37-27-28-38-29(30)13-11-8-6-4-2/h3-28H2,1-2H3. The van der Waals surface area contributed by atoms with Crippen molar-refractivity contribution in [1.82, 2.24) is 0 Å². The first-order chi connectivity index (χ1) is 18.8. The average molecular weight is 551 g/mol. The molecular formula is C29H58O9. The third kappa shape index (κ3) is 33.2. The molecule has 0 aliphatic heterocycles. The summed E-state index contributed by atoms with van der Waals surface area (Å²) in [6.45, 7) is 12.4. The molecule has 0 saturated carbocycles. The highest BCUT2D eigenvalue weighted by atomic mass is 16.6. The molecule has 0 saturated heterocycles. The molecule has 9 nitrogen and oxygen atoms in total. The third-order valence-electron chi connectivity index (χ3n) is 5.60. The second-order valence-electron chi connectivity index (χ2n) is 9.09. The fourth-order valence-corrected chi connectivity index (χ4v) is 3.39. The van der Waals surface area contributed by atoms with E-state index in [1.165, 1.54) is 32.1 Å². The molecule has 0 spiro atoms. The number of hydrogen-bond acceptors (Lipinski definition) is 9. The number of esters is 1. The average Bonchev–Trinajstić information content (AvgIpc) is 2.92. The molecule has 9 heteroatoms. The Balaban J connectivity index is 3.07. The third-order valence-corrected chi connectivity index (χ3v) is 5.60. The Hall–Kier alpha value is -0.810. The lowest BCUT2D eigenvalue weighted by Gasteiger charge is -2.09. The summed E-state index contributed by atoms with van der Waals surface area (Å²) in [6.07, 6.45) is 12.5. The highest BCUT2D eigenvalue weighted by Crippen LogP contribution is 2.05. The van der Waals surface area contributed by atoms with E-state index in [1.807, 2.05) is 0 Å². The number of carbonyl (C=O) groups excluding carboxylic acids is 1. The number of hydrogen-bond donors (Lipinski definition) is 0. The van der Waals surface area contributed by atoms with Gasteiger partial charge in [0.1, 0.15) is 6.61 Å². The van der Waals surface area contributed by atoms with Crippen LogP contribution in [-0.2, 0) is 42.7 Å². The lowest BCUT2D eigenvalue weighted by molar-refractivity contribution is -0.145. The molecule has 38 heavy (non-hydrogen) atoms. The lowest BCUT2D eigenvalue weighted by Crippen LogP contribution is -2.15. The molecule has 0 rings (SSSR count). The molecule has 0 unspecified atom stereocenters. The van der Waals surface area contributed by atoms with Crippen LogP contribution < -0.4 is 0 Å². The summed E-state index contributed by atoms with van der Waals surface area (Å²) >= 11 is 0. The molecule has 0 aromatic carbocycles. The van der Waals surface area contributed by atoms with Crippen molar-refractivity contribution in [2.24, 2.45) is 0 Å². The van der Waals surface area contributed by atoms with Crippen molar-refractivity contribution in [2.75, 3.05) is 99.1 Å². The molecule has 0 radical (unpaired) electrons. The first-order valence-electron chi connectivity index (χ1n) is 15.0. The molecule has 0 bridgehead atoms. The van der Waals surface area contributed by atoms with Crippen molar-refractivity contribution in [2.45, 2.75) is 84.5 Å². The van der Waals surface area contributed by atoms with Crippen LogP contribution in [0.5, 0.6) is 0 Å². The van der Waals surface area contributed by atoms with Gasteiger partial charge in [0.2, 0.25) is 0 Å². The highest BCUT2D eigenvalue weighted by molar-refractivity contribution is 5.69. The van der Waals surface area contributed by atoms with Crippen molar-refractivity contribution in [3.05, 3.63) is 0 Å². The molecular weight excluding hydrogens is 492 g/mol. The van der Waals surface area contributed by atoms with Crippen LogP contribution in [-0.4, -0.2) is 105 Å². The molecule has 0 aromatic heterocycles. The first kappa shape index (κ1) is 37.2. The number of rotatable bonds is 33. The number of carbonyl (C=O) groups is 1. The van der Waals surface area contributed by atoms with Crippen molar-refractivity contribution < 1.29 is 42.7 Å². The molecule has 0 aromatic rings. The summed E-state index contributed by atoms with van der Waals surface area (Å²) in [4.78, 5) is 11.5. The maximum absolute atomic E-state index is 11.5. The topological polar surface area (TPSA) is 90.9 Å². The van der Waals surface area contributed by atoms with Crippen LogP contribution in [0.2, 0.25) is 0 Å². The molecule has 0 atom stereocenters. The smallest absolute Gasteiger partial charge is 0.305 e. The van der Waals surface area contributed by atoms with Crippen LogP contribution >= 0.6 is 0 Å². The van der Waals surface area contributed by atoms with Gasteiger partial charge in [0.15, 0.2) is 0 Å². The zero-order valence-electron chi connectivity index (χ0n) is 24.6. The van der Waals surface area contributed by atoms with Gasteiger partial charge >= 0.3 is 5.97 Å². The summed E-state index contributed by atoms with van der Waals surface area (Å²) in [6, 6.07) is 0. The number of unbranched alkanes of at least 4 members (excludes halogenated alkanes) is 8.